The maximum Gasteiger partial charge on any atom is 0.306 e. The van der Waals surface area contributed by atoms with Crippen molar-refractivity contribution in [1.29, 1.82) is 0 Å². The molecular formula is C74H128O6. The summed E-state index contributed by atoms with van der Waals surface area (Å²) in [7, 11) is 0. The maximum atomic E-state index is 12.9. The Labute approximate surface area is 496 Å². The van der Waals surface area contributed by atoms with Crippen LogP contribution in [0.3, 0.4) is 0 Å². The van der Waals surface area contributed by atoms with E-state index in [1.54, 1.807) is 0 Å². The minimum Gasteiger partial charge on any atom is -0.462 e. The number of unbranched alkanes of at least 4 members (excludes halogenated alkanes) is 35. The van der Waals surface area contributed by atoms with Crippen molar-refractivity contribution in [2.45, 2.75) is 341 Å². The first-order chi connectivity index (χ1) is 39.5. The number of carbonyl (C=O) groups is 3. The van der Waals surface area contributed by atoms with E-state index in [0.29, 0.717) is 19.3 Å². The number of rotatable bonds is 62. The Balaban J connectivity index is 4.16. The first kappa shape index (κ1) is 76.3. The van der Waals surface area contributed by atoms with E-state index in [2.05, 4.69) is 118 Å². The molecule has 0 aliphatic heterocycles. The van der Waals surface area contributed by atoms with Gasteiger partial charge in [0.15, 0.2) is 6.10 Å². The molecule has 0 bridgehead atoms. The van der Waals surface area contributed by atoms with Crippen molar-refractivity contribution in [3.8, 4) is 0 Å². The topological polar surface area (TPSA) is 78.9 Å². The summed E-state index contributed by atoms with van der Waals surface area (Å²) in [6.45, 7) is 6.42. The molecule has 460 valence electrons. The van der Waals surface area contributed by atoms with Crippen LogP contribution < -0.4 is 0 Å². The number of hydrogen-bond acceptors (Lipinski definition) is 6. The minimum absolute atomic E-state index is 0.0890. The van der Waals surface area contributed by atoms with Gasteiger partial charge in [-0.2, -0.15) is 0 Å². The number of hydrogen-bond donors (Lipinski definition) is 0. The molecule has 0 N–H and O–H groups in total. The fraction of sp³-hybridized carbons (Fsp3) is 0.743. The number of esters is 3. The summed E-state index contributed by atoms with van der Waals surface area (Å²) in [6.07, 6.45) is 91.6. The Kier molecular flexibility index (Phi) is 64.7. The monoisotopic (exact) mass is 1110 g/mol. The van der Waals surface area contributed by atoms with Crippen molar-refractivity contribution in [3.05, 3.63) is 97.2 Å². The van der Waals surface area contributed by atoms with Gasteiger partial charge in [0.2, 0.25) is 0 Å². The highest BCUT2D eigenvalue weighted by atomic mass is 16.6. The zero-order chi connectivity index (χ0) is 57.8. The van der Waals surface area contributed by atoms with E-state index < -0.39 is 6.10 Å². The van der Waals surface area contributed by atoms with E-state index in [1.165, 1.54) is 186 Å². The van der Waals surface area contributed by atoms with Gasteiger partial charge in [-0.3, -0.25) is 14.4 Å². The van der Waals surface area contributed by atoms with Crippen molar-refractivity contribution >= 4 is 17.9 Å². The second-order valence-corrected chi connectivity index (χ2v) is 22.7. The van der Waals surface area contributed by atoms with E-state index in [1.807, 2.05) is 0 Å². The molecule has 0 saturated heterocycles. The highest BCUT2D eigenvalue weighted by Gasteiger charge is 2.19. The molecule has 0 fully saturated rings. The fourth-order valence-electron chi connectivity index (χ4n) is 9.78. The first-order valence-electron chi connectivity index (χ1n) is 34.2. The molecule has 0 heterocycles. The van der Waals surface area contributed by atoms with Gasteiger partial charge in [-0.05, 0) is 96.3 Å². The van der Waals surface area contributed by atoms with Crippen molar-refractivity contribution in [2.75, 3.05) is 13.2 Å². The van der Waals surface area contributed by atoms with Gasteiger partial charge in [0.05, 0.1) is 0 Å². The number of ether oxygens (including phenoxy) is 3. The normalized spacial score (nSPS) is 12.7. The molecular weight excluding hydrogens is 985 g/mol. The molecule has 0 aliphatic rings. The Bertz CT molecular complexity index is 1560. The summed E-state index contributed by atoms with van der Waals surface area (Å²) < 4.78 is 16.9. The predicted molar refractivity (Wildman–Crippen MR) is 348 cm³/mol. The van der Waals surface area contributed by atoms with Gasteiger partial charge in [0.25, 0.3) is 0 Å². The second kappa shape index (κ2) is 67.8. The molecule has 0 aromatic rings. The molecule has 80 heavy (non-hydrogen) atoms. The Morgan fingerprint density at radius 3 is 0.787 bits per heavy atom. The standard InChI is InChI=1S/C74H128O6/c1-4-7-10-13-16-19-22-25-28-29-30-31-32-33-34-35-36-37-38-39-40-41-42-43-44-45-47-49-52-55-58-61-64-67-73(76)79-70-71(69-78-72(75)66-63-60-57-54-51-48-27-24-21-18-15-12-9-6-3)80-74(77)68-65-62-59-56-53-50-46-26-23-20-17-14-11-8-5-2/h7-8,10-11,16-17,19-20,25-26,28,30-31,46,53,56,71H,4-6,9,12-15,18,21-24,27,29,32-45,47-52,54-55,57-70H2,1-3H3/b10-7-,11-8-,19-16-,20-17-,28-25-,31-30-,46-26-,56-53-. The number of carbonyl (C=O) groups excluding carboxylic acids is 3. The Morgan fingerprint density at radius 1 is 0.263 bits per heavy atom. The third-order valence-corrected chi connectivity index (χ3v) is 14.8. The molecule has 0 aromatic carbocycles. The lowest BCUT2D eigenvalue weighted by Gasteiger charge is -2.18. The molecule has 0 spiro atoms. The van der Waals surface area contributed by atoms with Gasteiger partial charge < -0.3 is 14.2 Å². The van der Waals surface area contributed by atoms with Crippen LogP contribution in [0.2, 0.25) is 0 Å². The highest BCUT2D eigenvalue weighted by molar-refractivity contribution is 5.71. The van der Waals surface area contributed by atoms with Crippen LogP contribution in [-0.2, 0) is 28.6 Å². The number of allylic oxidation sites excluding steroid dienone is 16. The van der Waals surface area contributed by atoms with Crippen molar-refractivity contribution in [2.24, 2.45) is 0 Å². The molecule has 0 aromatic heterocycles. The maximum absolute atomic E-state index is 12.9. The summed E-state index contributed by atoms with van der Waals surface area (Å²) >= 11 is 0. The van der Waals surface area contributed by atoms with Crippen LogP contribution in [0.4, 0.5) is 0 Å². The summed E-state index contributed by atoms with van der Waals surface area (Å²) in [5.74, 6) is -0.915. The lowest BCUT2D eigenvalue weighted by molar-refractivity contribution is -0.167. The van der Waals surface area contributed by atoms with Crippen LogP contribution in [0, 0.1) is 0 Å². The van der Waals surface area contributed by atoms with Crippen LogP contribution in [0.15, 0.2) is 97.2 Å². The van der Waals surface area contributed by atoms with Crippen LogP contribution >= 0.6 is 0 Å². The predicted octanol–water partition coefficient (Wildman–Crippen LogP) is 23.6. The molecule has 0 rings (SSSR count). The largest absolute Gasteiger partial charge is 0.462 e. The van der Waals surface area contributed by atoms with Crippen molar-refractivity contribution in [3.63, 3.8) is 0 Å². The van der Waals surface area contributed by atoms with E-state index >= 15 is 0 Å². The van der Waals surface area contributed by atoms with Crippen LogP contribution in [0.25, 0.3) is 0 Å². The smallest absolute Gasteiger partial charge is 0.306 e. The second-order valence-electron chi connectivity index (χ2n) is 22.7. The van der Waals surface area contributed by atoms with E-state index in [-0.39, 0.29) is 37.5 Å². The molecule has 6 nitrogen and oxygen atoms in total. The Morgan fingerprint density at radius 2 is 0.487 bits per heavy atom. The Hall–Kier alpha value is -3.67. The molecule has 1 unspecified atom stereocenters. The average molecular weight is 1110 g/mol. The van der Waals surface area contributed by atoms with Crippen LogP contribution in [0.5, 0.6) is 0 Å². The van der Waals surface area contributed by atoms with E-state index in [4.69, 9.17) is 14.2 Å². The van der Waals surface area contributed by atoms with Gasteiger partial charge in [0, 0.05) is 19.3 Å². The molecule has 6 heteroatoms. The van der Waals surface area contributed by atoms with Gasteiger partial charge in [-0.15, -0.1) is 0 Å². The van der Waals surface area contributed by atoms with Crippen molar-refractivity contribution in [1.82, 2.24) is 0 Å². The average Bonchev–Trinajstić information content (AvgIpc) is 3.46. The third-order valence-electron chi connectivity index (χ3n) is 14.8. The molecule has 0 aliphatic carbocycles. The SMILES string of the molecule is CC/C=C\C/C=C\C/C=C\C/C=C\CCCCCCCCCCCCCCCCCCCCCCC(=O)OCC(COC(=O)CCCCCCCCCCCCCCCC)OC(=O)CCCC/C=C\C/C=C\C/C=C\C/C=C\CC. The molecule has 1 atom stereocenters. The summed E-state index contributed by atoms with van der Waals surface area (Å²) in [5, 5.41) is 0. The molecule has 0 saturated carbocycles. The molecule has 0 radical (unpaired) electrons. The molecule has 0 amide bonds. The van der Waals surface area contributed by atoms with E-state index in [9.17, 15) is 14.4 Å². The quantitative estimate of drug-likeness (QED) is 0.0261. The van der Waals surface area contributed by atoms with Gasteiger partial charge in [0.1, 0.15) is 13.2 Å². The van der Waals surface area contributed by atoms with Crippen LogP contribution in [-0.4, -0.2) is 37.2 Å². The lowest BCUT2D eigenvalue weighted by atomic mass is 10.0. The first-order valence-corrected chi connectivity index (χ1v) is 34.2. The van der Waals surface area contributed by atoms with Crippen molar-refractivity contribution < 1.29 is 28.6 Å². The van der Waals surface area contributed by atoms with E-state index in [0.717, 1.165) is 103 Å². The zero-order valence-corrected chi connectivity index (χ0v) is 52.8. The van der Waals surface area contributed by atoms with Gasteiger partial charge in [-0.1, -0.05) is 317 Å². The fourth-order valence-corrected chi connectivity index (χ4v) is 9.78. The highest BCUT2D eigenvalue weighted by Crippen LogP contribution is 2.18. The van der Waals surface area contributed by atoms with Gasteiger partial charge in [-0.25, -0.2) is 0 Å². The summed E-state index contributed by atoms with van der Waals surface area (Å²) in [4.78, 5) is 38.3. The lowest BCUT2D eigenvalue weighted by Crippen LogP contribution is -2.30. The summed E-state index contributed by atoms with van der Waals surface area (Å²) in [5.41, 5.74) is 0. The zero-order valence-electron chi connectivity index (χ0n) is 52.8. The van der Waals surface area contributed by atoms with Crippen LogP contribution in [0.1, 0.15) is 335 Å². The summed E-state index contributed by atoms with van der Waals surface area (Å²) in [6, 6.07) is 0. The van der Waals surface area contributed by atoms with Gasteiger partial charge >= 0.3 is 17.9 Å². The minimum atomic E-state index is -0.796. The third kappa shape index (κ3) is 65.1.